The first kappa shape index (κ1) is 20.8. The highest BCUT2D eigenvalue weighted by Crippen LogP contribution is 2.30. The Labute approximate surface area is 180 Å². The van der Waals surface area contributed by atoms with Crippen molar-refractivity contribution in [2.75, 3.05) is 0 Å². The van der Waals surface area contributed by atoms with Gasteiger partial charge in [0.2, 0.25) is 15.7 Å². The lowest BCUT2D eigenvalue weighted by molar-refractivity contribution is -0.121. The van der Waals surface area contributed by atoms with Gasteiger partial charge in [0.25, 0.3) is 0 Å². The predicted molar refractivity (Wildman–Crippen MR) is 117 cm³/mol. The van der Waals surface area contributed by atoms with E-state index in [0.29, 0.717) is 10.9 Å². The molecule has 31 heavy (non-hydrogen) atoms. The Hall–Kier alpha value is -3.45. The van der Waals surface area contributed by atoms with Gasteiger partial charge in [0.1, 0.15) is 12.4 Å². The van der Waals surface area contributed by atoms with Crippen LogP contribution in [-0.2, 0) is 27.7 Å². The van der Waals surface area contributed by atoms with Gasteiger partial charge in [-0.3, -0.25) is 4.79 Å². The topological polar surface area (TPSA) is 68.2 Å². The van der Waals surface area contributed by atoms with Crippen LogP contribution in [0.4, 0.5) is 4.39 Å². The van der Waals surface area contributed by atoms with E-state index in [0.717, 1.165) is 11.1 Å². The van der Waals surface area contributed by atoms with Crippen molar-refractivity contribution < 1.29 is 17.6 Å². The zero-order chi connectivity index (χ0) is 22.0. The van der Waals surface area contributed by atoms with Gasteiger partial charge in [-0.1, -0.05) is 48.0 Å². The number of fused-ring (bicyclic) bond motifs is 1. The molecule has 4 rings (SSSR count). The second-order valence-electron chi connectivity index (χ2n) is 7.36. The van der Waals surface area contributed by atoms with Crippen LogP contribution in [0.5, 0.6) is 0 Å². The van der Waals surface area contributed by atoms with Crippen molar-refractivity contribution in [1.82, 2.24) is 9.88 Å². The Kier molecular flexibility index (Phi) is 5.61. The third kappa shape index (κ3) is 4.36. The first-order valence-electron chi connectivity index (χ1n) is 9.75. The van der Waals surface area contributed by atoms with Crippen molar-refractivity contribution in [3.8, 4) is 0 Å². The molecule has 7 heteroatoms. The highest BCUT2D eigenvalue weighted by Gasteiger charge is 2.23. The molecular weight excluding hydrogens is 415 g/mol. The van der Waals surface area contributed by atoms with Crippen LogP contribution < -0.4 is 5.32 Å². The van der Waals surface area contributed by atoms with E-state index in [4.69, 9.17) is 0 Å². The molecule has 5 nitrogen and oxygen atoms in total. The van der Waals surface area contributed by atoms with Crippen molar-refractivity contribution >= 4 is 26.6 Å². The van der Waals surface area contributed by atoms with Crippen LogP contribution in [0.2, 0.25) is 0 Å². The molecule has 0 unspecified atom stereocenters. The summed E-state index contributed by atoms with van der Waals surface area (Å²) in [6.07, 6.45) is 1.51. The van der Waals surface area contributed by atoms with Crippen LogP contribution in [-0.4, -0.2) is 18.9 Å². The largest absolute Gasteiger partial charge is 0.350 e. The number of nitrogens with zero attached hydrogens (tertiary/aromatic N) is 1. The highest BCUT2D eigenvalue weighted by atomic mass is 32.2. The average molecular weight is 437 g/mol. The van der Waals surface area contributed by atoms with Crippen molar-refractivity contribution in [2.45, 2.75) is 29.8 Å². The number of para-hydroxylation sites is 1. The van der Waals surface area contributed by atoms with Crippen LogP contribution in [0.3, 0.4) is 0 Å². The number of benzene rings is 3. The number of carbonyl (C=O) groups is 1. The summed E-state index contributed by atoms with van der Waals surface area (Å²) in [6, 6.07) is 19.7. The van der Waals surface area contributed by atoms with Gasteiger partial charge in [-0.25, -0.2) is 12.8 Å². The standard InChI is InChI=1S/C24H21FN2O3S/c1-17-6-12-20(13-7-17)31(29,30)23-15-27(22-5-3-2-4-21(22)23)16-24(28)26-14-18-8-10-19(25)11-9-18/h2-13,15H,14,16H2,1H3,(H,26,28). The first-order chi connectivity index (χ1) is 14.8. The molecule has 0 aliphatic heterocycles. The van der Waals surface area contributed by atoms with E-state index in [1.54, 1.807) is 65.2 Å². The quantitative estimate of drug-likeness (QED) is 0.492. The van der Waals surface area contributed by atoms with E-state index in [-0.39, 0.29) is 34.6 Å². The summed E-state index contributed by atoms with van der Waals surface area (Å²) in [6.45, 7) is 2.12. The molecule has 1 N–H and O–H groups in total. The molecule has 0 bridgehead atoms. The second kappa shape index (κ2) is 8.35. The highest BCUT2D eigenvalue weighted by molar-refractivity contribution is 7.91. The minimum absolute atomic E-state index is 0.0366. The van der Waals surface area contributed by atoms with Crippen LogP contribution in [0.1, 0.15) is 11.1 Å². The SMILES string of the molecule is Cc1ccc(S(=O)(=O)c2cn(CC(=O)NCc3ccc(F)cc3)c3ccccc23)cc1. The number of amides is 1. The molecule has 0 spiro atoms. The van der Waals surface area contributed by atoms with E-state index in [1.807, 2.05) is 6.92 Å². The lowest BCUT2D eigenvalue weighted by Crippen LogP contribution is -2.26. The molecule has 1 amide bonds. The first-order valence-corrected chi connectivity index (χ1v) is 11.2. The van der Waals surface area contributed by atoms with Gasteiger partial charge in [0.15, 0.2) is 0 Å². The minimum atomic E-state index is -3.74. The average Bonchev–Trinajstić information content (AvgIpc) is 3.13. The van der Waals surface area contributed by atoms with Crippen molar-refractivity contribution in [3.63, 3.8) is 0 Å². The third-order valence-corrected chi connectivity index (χ3v) is 6.89. The van der Waals surface area contributed by atoms with Crippen LogP contribution in [0.25, 0.3) is 10.9 Å². The summed E-state index contributed by atoms with van der Waals surface area (Å²) >= 11 is 0. The third-order valence-electron chi connectivity index (χ3n) is 5.09. The molecule has 0 atom stereocenters. The number of hydrogen-bond donors (Lipinski definition) is 1. The predicted octanol–water partition coefficient (Wildman–Crippen LogP) is 4.24. The van der Waals surface area contributed by atoms with Crippen LogP contribution in [0.15, 0.2) is 88.8 Å². The van der Waals surface area contributed by atoms with E-state index in [2.05, 4.69) is 5.32 Å². The molecule has 0 radical (unpaired) electrons. The summed E-state index contributed by atoms with van der Waals surface area (Å²) in [5.74, 6) is -0.611. The molecule has 0 saturated carbocycles. The van der Waals surface area contributed by atoms with Gasteiger partial charge in [-0.05, 0) is 42.8 Å². The minimum Gasteiger partial charge on any atom is -0.350 e. The smallest absolute Gasteiger partial charge is 0.240 e. The van der Waals surface area contributed by atoms with E-state index in [9.17, 15) is 17.6 Å². The fourth-order valence-electron chi connectivity index (χ4n) is 3.42. The van der Waals surface area contributed by atoms with Gasteiger partial charge in [-0.15, -0.1) is 0 Å². The molecule has 0 fully saturated rings. The van der Waals surface area contributed by atoms with Gasteiger partial charge < -0.3 is 9.88 Å². The van der Waals surface area contributed by atoms with Crippen molar-refractivity contribution in [2.24, 2.45) is 0 Å². The molecule has 158 valence electrons. The lowest BCUT2D eigenvalue weighted by Gasteiger charge is -2.07. The number of hydrogen-bond acceptors (Lipinski definition) is 3. The fourth-order valence-corrected chi connectivity index (χ4v) is 4.89. The van der Waals surface area contributed by atoms with Gasteiger partial charge in [0, 0.05) is 23.6 Å². The number of sulfone groups is 1. The number of rotatable bonds is 6. The molecule has 0 aliphatic rings. The summed E-state index contributed by atoms with van der Waals surface area (Å²) in [7, 11) is -3.74. The molecule has 0 aliphatic carbocycles. The molecule has 1 aromatic heterocycles. The van der Waals surface area contributed by atoms with Gasteiger partial charge in [-0.2, -0.15) is 0 Å². The zero-order valence-electron chi connectivity index (χ0n) is 16.9. The summed E-state index contributed by atoms with van der Waals surface area (Å²) in [5.41, 5.74) is 2.40. The van der Waals surface area contributed by atoms with E-state index >= 15 is 0 Å². The Balaban J connectivity index is 1.61. The lowest BCUT2D eigenvalue weighted by atomic mass is 10.2. The number of aryl methyl sites for hydroxylation is 1. The Morgan fingerprint density at radius 1 is 0.968 bits per heavy atom. The summed E-state index contributed by atoms with van der Waals surface area (Å²) < 4.78 is 41.2. The molecule has 1 heterocycles. The van der Waals surface area contributed by atoms with Gasteiger partial charge in [0.05, 0.1) is 9.79 Å². The van der Waals surface area contributed by atoms with E-state index < -0.39 is 9.84 Å². The molecule has 3 aromatic carbocycles. The Morgan fingerprint density at radius 2 is 1.65 bits per heavy atom. The summed E-state index contributed by atoms with van der Waals surface area (Å²) in [4.78, 5) is 12.9. The summed E-state index contributed by atoms with van der Waals surface area (Å²) in [5, 5.41) is 3.35. The number of aromatic nitrogens is 1. The van der Waals surface area contributed by atoms with Gasteiger partial charge >= 0.3 is 0 Å². The van der Waals surface area contributed by atoms with Crippen molar-refractivity contribution in [1.29, 1.82) is 0 Å². The Bertz CT molecular complexity index is 1340. The maximum Gasteiger partial charge on any atom is 0.240 e. The number of carbonyl (C=O) groups excluding carboxylic acids is 1. The maximum absolute atomic E-state index is 13.3. The molecule has 4 aromatic rings. The maximum atomic E-state index is 13.3. The van der Waals surface area contributed by atoms with E-state index in [1.165, 1.54) is 18.3 Å². The van der Waals surface area contributed by atoms with Crippen molar-refractivity contribution in [3.05, 3.63) is 95.9 Å². The molecular formula is C24H21FN2O3S. The van der Waals surface area contributed by atoms with Crippen LogP contribution in [0, 0.1) is 12.7 Å². The number of nitrogens with one attached hydrogen (secondary N) is 1. The Morgan fingerprint density at radius 3 is 2.35 bits per heavy atom. The molecule has 0 saturated heterocycles. The normalized spacial score (nSPS) is 11.5. The number of halogens is 1. The second-order valence-corrected chi connectivity index (χ2v) is 9.28. The zero-order valence-corrected chi connectivity index (χ0v) is 17.7. The fraction of sp³-hybridized carbons (Fsp3) is 0.125. The monoisotopic (exact) mass is 436 g/mol. The van der Waals surface area contributed by atoms with Crippen LogP contribution >= 0.6 is 0 Å².